The van der Waals surface area contributed by atoms with Gasteiger partial charge in [-0.2, -0.15) is 0 Å². The lowest BCUT2D eigenvalue weighted by Gasteiger charge is -2.34. The first-order chi connectivity index (χ1) is 12.7. The Morgan fingerprint density at radius 2 is 1.73 bits per heavy atom. The van der Waals surface area contributed by atoms with Crippen LogP contribution < -0.4 is 4.90 Å². The second-order valence-electron chi connectivity index (χ2n) is 6.03. The molecule has 0 aliphatic carbocycles. The van der Waals surface area contributed by atoms with Crippen molar-refractivity contribution in [1.29, 1.82) is 0 Å². The van der Waals surface area contributed by atoms with Crippen LogP contribution in [0.4, 0.5) is 5.82 Å². The van der Waals surface area contributed by atoms with Gasteiger partial charge in [0.15, 0.2) is 0 Å². The third kappa shape index (κ3) is 3.26. The topological polar surface area (TPSA) is 88.3 Å². The molecule has 1 saturated heterocycles. The minimum absolute atomic E-state index is 0.101. The summed E-state index contributed by atoms with van der Waals surface area (Å²) in [5, 5.41) is 8.19. The molecule has 0 unspecified atom stereocenters. The van der Waals surface area contributed by atoms with Gasteiger partial charge in [-0.05, 0) is 12.1 Å². The second-order valence-corrected chi connectivity index (χ2v) is 6.03. The Kier molecular flexibility index (Phi) is 4.30. The van der Waals surface area contributed by atoms with Gasteiger partial charge in [0, 0.05) is 38.7 Å². The van der Waals surface area contributed by atoms with E-state index in [1.165, 1.54) is 0 Å². The van der Waals surface area contributed by atoms with E-state index in [1.807, 2.05) is 35.2 Å². The summed E-state index contributed by atoms with van der Waals surface area (Å²) in [5.41, 5.74) is 1.39. The molecule has 0 bridgehead atoms. The van der Waals surface area contributed by atoms with Gasteiger partial charge in [0.2, 0.25) is 11.8 Å². The van der Waals surface area contributed by atoms with Crippen molar-refractivity contribution in [2.45, 2.75) is 6.92 Å². The summed E-state index contributed by atoms with van der Waals surface area (Å²) in [5.74, 6) is 1.62. The molecule has 1 aromatic carbocycles. The zero-order chi connectivity index (χ0) is 17.9. The molecule has 1 aliphatic rings. The van der Waals surface area contributed by atoms with Gasteiger partial charge in [0.05, 0.1) is 12.4 Å². The fourth-order valence-corrected chi connectivity index (χ4v) is 2.89. The van der Waals surface area contributed by atoms with Crippen molar-refractivity contribution in [2.75, 3.05) is 31.1 Å². The van der Waals surface area contributed by atoms with Crippen LogP contribution in [-0.2, 0) is 4.79 Å². The lowest BCUT2D eigenvalue weighted by atomic mass is 10.2. The number of aromatic nitrogens is 4. The van der Waals surface area contributed by atoms with E-state index in [4.69, 9.17) is 4.42 Å². The van der Waals surface area contributed by atoms with Crippen molar-refractivity contribution in [3.63, 3.8) is 0 Å². The van der Waals surface area contributed by atoms with Crippen LogP contribution in [0.25, 0.3) is 23.0 Å². The van der Waals surface area contributed by atoms with Gasteiger partial charge in [-0.25, -0.2) is 4.98 Å². The Morgan fingerprint density at radius 1 is 1.00 bits per heavy atom. The zero-order valence-electron chi connectivity index (χ0n) is 14.4. The standard InChI is InChI=1S/C18H18N6O2/c1-13(25)23-7-9-24(10-8-23)16-12-19-11-15(20-16)18-22-21-17(26-18)14-5-3-2-4-6-14/h2-6,11-12H,7-10H2,1H3. The molecule has 2 aromatic heterocycles. The number of carbonyl (C=O) groups is 1. The second kappa shape index (κ2) is 6.91. The summed E-state index contributed by atoms with van der Waals surface area (Å²) in [6, 6.07) is 9.59. The first-order valence-electron chi connectivity index (χ1n) is 8.42. The van der Waals surface area contributed by atoms with E-state index in [-0.39, 0.29) is 5.91 Å². The van der Waals surface area contributed by atoms with Gasteiger partial charge >= 0.3 is 0 Å². The van der Waals surface area contributed by atoms with Gasteiger partial charge in [0.25, 0.3) is 5.89 Å². The fraction of sp³-hybridized carbons (Fsp3) is 0.278. The monoisotopic (exact) mass is 350 g/mol. The van der Waals surface area contributed by atoms with E-state index in [1.54, 1.807) is 19.3 Å². The van der Waals surface area contributed by atoms with Crippen LogP contribution in [0.3, 0.4) is 0 Å². The highest BCUT2D eigenvalue weighted by Crippen LogP contribution is 2.23. The van der Waals surface area contributed by atoms with Crippen LogP contribution in [0.1, 0.15) is 6.92 Å². The van der Waals surface area contributed by atoms with Gasteiger partial charge in [-0.15, -0.1) is 10.2 Å². The predicted octanol–water partition coefficient (Wildman–Crippen LogP) is 1.86. The third-order valence-electron chi connectivity index (χ3n) is 4.34. The lowest BCUT2D eigenvalue weighted by molar-refractivity contribution is -0.129. The molecule has 26 heavy (non-hydrogen) atoms. The summed E-state index contributed by atoms with van der Waals surface area (Å²) in [6.07, 6.45) is 3.32. The molecular formula is C18H18N6O2. The van der Waals surface area contributed by atoms with Crippen LogP contribution >= 0.6 is 0 Å². The highest BCUT2D eigenvalue weighted by atomic mass is 16.4. The average molecular weight is 350 g/mol. The smallest absolute Gasteiger partial charge is 0.268 e. The number of hydrogen-bond donors (Lipinski definition) is 0. The van der Waals surface area contributed by atoms with E-state index < -0.39 is 0 Å². The SMILES string of the molecule is CC(=O)N1CCN(c2cncc(-c3nnc(-c4ccccc4)o3)n2)CC1. The molecule has 0 N–H and O–H groups in total. The molecular weight excluding hydrogens is 332 g/mol. The number of anilines is 1. The van der Waals surface area contributed by atoms with E-state index in [9.17, 15) is 4.79 Å². The van der Waals surface area contributed by atoms with Gasteiger partial charge in [-0.3, -0.25) is 9.78 Å². The predicted molar refractivity (Wildman–Crippen MR) is 95.2 cm³/mol. The van der Waals surface area contributed by atoms with Crippen molar-refractivity contribution in [2.24, 2.45) is 0 Å². The lowest BCUT2D eigenvalue weighted by Crippen LogP contribution is -2.48. The van der Waals surface area contributed by atoms with Crippen molar-refractivity contribution in [3.8, 4) is 23.0 Å². The average Bonchev–Trinajstić information content (AvgIpc) is 3.19. The van der Waals surface area contributed by atoms with E-state index in [2.05, 4.69) is 25.1 Å². The van der Waals surface area contributed by atoms with Crippen LogP contribution in [0.15, 0.2) is 47.1 Å². The van der Waals surface area contributed by atoms with Crippen molar-refractivity contribution >= 4 is 11.7 Å². The van der Waals surface area contributed by atoms with Crippen LogP contribution in [0.2, 0.25) is 0 Å². The van der Waals surface area contributed by atoms with Gasteiger partial charge in [0.1, 0.15) is 11.5 Å². The summed E-state index contributed by atoms with van der Waals surface area (Å²) in [6.45, 7) is 4.39. The molecule has 0 saturated carbocycles. The summed E-state index contributed by atoms with van der Waals surface area (Å²) < 4.78 is 5.75. The van der Waals surface area contributed by atoms with Gasteiger partial charge < -0.3 is 14.2 Å². The number of piperazine rings is 1. The number of rotatable bonds is 3. The molecule has 0 spiro atoms. The maximum absolute atomic E-state index is 11.5. The molecule has 0 radical (unpaired) electrons. The highest BCUT2D eigenvalue weighted by Gasteiger charge is 2.21. The molecule has 1 amide bonds. The minimum atomic E-state index is 0.101. The van der Waals surface area contributed by atoms with E-state index in [0.29, 0.717) is 30.6 Å². The van der Waals surface area contributed by atoms with E-state index >= 15 is 0 Å². The maximum atomic E-state index is 11.5. The van der Waals surface area contributed by atoms with E-state index in [0.717, 1.165) is 24.5 Å². The molecule has 1 fully saturated rings. The number of amides is 1. The molecule has 8 heteroatoms. The summed E-state index contributed by atoms with van der Waals surface area (Å²) >= 11 is 0. The van der Waals surface area contributed by atoms with Crippen molar-refractivity contribution in [3.05, 3.63) is 42.7 Å². The number of carbonyl (C=O) groups excluding carboxylic acids is 1. The molecule has 4 rings (SSSR count). The summed E-state index contributed by atoms with van der Waals surface area (Å²) in [7, 11) is 0. The first-order valence-corrected chi connectivity index (χ1v) is 8.42. The molecule has 1 aliphatic heterocycles. The Morgan fingerprint density at radius 3 is 2.46 bits per heavy atom. The fourth-order valence-electron chi connectivity index (χ4n) is 2.89. The number of hydrogen-bond acceptors (Lipinski definition) is 7. The zero-order valence-corrected chi connectivity index (χ0v) is 14.4. The molecule has 8 nitrogen and oxygen atoms in total. The van der Waals surface area contributed by atoms with Crippen LogP contribution in [0, 0.1) is 0 Å². The normalized spacial score (nSPS) is 14.5. The molecule has 3 heterocycles. The maximum Gasteiger partial charge on any atom is 0.268 e. The highest BCUT2D eigenvalue weighted by molar-refractivity contribution is 5.73. The van der Waals surface area contributed by atoms with Crippen molar-refractivity contribution in [1.82, 2.24) is 25.1 Å². The minimum Gasteiger partial charge on any atom is -0.415 e. The van der Waals surface area contributed by atoms with Gasteiger partial charge in [-0.1, -0.05) is 18.2 Å². The van der Waals surface area contributed by atoms with Crippen molar-refractivity contribution < 1.29 is 9.21 Å². The van der Waals surface area contributed by atoms with Crippen LogP contribution in [-0.4, -0.2) is 57.2 Å². The molecule has 132 valence electrons. The van der Waals surface area contributed by atoms with Crippen LogP contribution in [0.5, 0.6) is 0 Å². The molecule has 0 atom stereocenters. The molecule has 3 aromatic rings. The Labute approximate surface area is 150 Å². The first kappa shape index (κ1) is 16.2. The third-order valence-corrected chi connectivity index (χ3v) is 4.34. The quantitative estimate of drug-likeness (QED) is 0.712. The Bertz CT molecular complexity index is 903. The number of nitrogens with zero attached hydrogens (tertiary/aromatic N) is 6. The Balaban J connectivity index is 1.53. The number of benzene rings is 1. The Hall–Kier alpha value is -3.29. The largest absolute Gasteiger partial charge is 0.415 e. The summed E-state index contributed by atoms with van der Waals surface area (Å²) in [4.78, 5) is 24.3.